The summed E-state index contributed by atoms with van der Waals surface area (Å²) in [6.45, 7) is 12.0. The van der Waals surface area contributed by atoms with Gasteiger partial charge in [-0.05, 0) is 43.4 Å². The Labute approximate surface area is 632 Å². The van der Waals surface area contributed by atoms with Crippen molar-refractivity contribution in [2.45, 2.75) is 458 Å². The lowest BCUT2D eigenvalue weighted by Gasteiger charge is -2.21. The van der Waals surface area contributed by atoms with E-state index in [1.165, 1.54) is 250 Å². The third-order valence-electron chi connectivity index (χ3n) is 19.6. The number of hydrogen-bond acceptors (Lipinski definition) is 15. The van der Waals surface area contributed by atoms with Crippen LogP contribution in [0.4, 0.5) is 0 Å². The van der Waals surface area contributed by atoms with E-state index in [0.717, 1.165) is 108 Å². The van der Waals surface area contributed by atoms with E-state index in [9.17, 15) is 43.2 Å². The molecular formula is C84H164O17P2. The summed E-state index contributed by atoms with van der Waals surface area (Å²) >= 11 is 0. The van der Waals surface area contributed by atoms with E-state index in [2.05, 4.69) is 48.5 Å². The summed E-state index contributed by atoms with van der Waals surface area (Å²) in [5.41, 5.74) is 0. The fourth-order valence-electron chi connectivity index (χ4n) is 13.0. The molecule has 0 fully saturated rings. The predicted octanol–water partition coefficient (Wildman–Crippen LogP) is 25.3. The van der Waals surface area contributed by atoms with Gasteiger partial charge in [0.25, 0.3) is 0 Å². The quantitative estimate of drug-likeness (QED) is 0.0222. The van der Waals surface area contributed by atoms with Crippen LogP contribution in [0.5, 0.6) is 0 Å². The minimum atomic E-state index is -4.96. The Morgan fingerprint density at radius 1 is 0.262 bits per heavy atom. The lowest BCUT2D eigenvalue weighted by molar-refractivity contribution is -0.161. The SMILES string of the molecule is CCCCCCCCCCCCC(=O)OC[C@H](COP(=O)(O)OC[C@H](O)COP(=O)(O)OC[C@@H](COC(=O)CCCCCCCCCCCCCCCCCC(C)C)OC(=O)CCCCCCCCCCCCCCCCCC(C)C)OC(=O)CCCCCCCCCCCCCCCCC(C)C. The Kier molecular flexibility index (Phi) is 72.8. The van der Waals surface area contributed by atoms with Gasteiger partial charge in [0.05, 0.1) is 26.4 Å². The summed E-state index contributed by atoms with van der Waals surface area (Å²) in [4.78, 5) is 73.1. The van der Waals surface area contributed by atoms with Gasteiger partial charge in [0.15, 0.2) is 12.2 Å². The zero-order valence-corrected chi connectivity index (χ0v) is 69.6. The zero-order valence-electron chi connectivity index (χ0n) is 67.8. The summed E-state index contributed by atoms with van der Waals surface area (Å²) in [5, 5.41) is 10.7. The van der Waals surface area contributed by atoms with Crippen LogP contribution in [0.2, 0.25) is 0 Å². The van der Waals surface area contributed by atoms with Crippen LogP contribution in [0.3, 0.4) is 0 Å². The van der Waals surface area contributed by atoms with Crippen LogP contribution in [0.25, 0.3) is 0 Å². The first kappa shape index (κ1) is 101. The summed E-state index contributed by atoms with van der Waals surface area (Å²) in [6, 6.07) is 0. The first-order chi connectivity index (χ1) is 49.7. The molecule has 0 saturated heterocycles. The lowest BCUT2D eigenvalue weighted by atomic mass is 10.0. The van der Waals surface area contributed by atoms with Crippen LogP contribution in [0.1, 0.15) is 440 Å². The van der Waals surface area contributed by atoms with Gasteiger partial charge in [-0.3, -0.25) is 37.3 Å². The van der Waals surface area contributed by atoms with Crippen LogP contribution in [0.15, 0.2) is 0 Å². The standard InChI is InChI=1S/C84H164O17P2/c1-8-9-10-11-12-13-37-44-51-58-65-81(86)94-71-79(100-84(89)68-61-54-47-40-33-27-21-20-24-30-36-43-50-57-64-77(6)7)73-98-102(90,91)96-69-78(85)70-97-103(92,93)99-74-80(101-83(88)67-60-53-46-39-32-26-19-15-17-23-29-35-42-49-56-63-76(4)5)72-95-82(87)66-59-52-45-38-31-25-18-14-16-22-28-34-41-48-55-62-75(2)3/h75-80,85H,8-74H2,1-7H3,(H,90,91)(H,92,93)/t78-,79+,80+/m0/s1. The maximum absolute atomic E-state index is 13.1. The Hall–Kier alpha value is -1.94. The smallest absolute Gasteiger partial charge is 0.462 e. The number of phosphoric ester groups is 2. The Morgan fingerprint density at radius 2 is 0.447 bits per heavy atom. The van der Waals surface area contributed by atoms with Gasteiger partial charge in [0.1, 0.15) is 19.3 Å². The first-order valence-electron chi connectivity index (χ1n) is 43.3. The fraction of sp³-hybridized carbons (Fsp3) is 0.952. The Bertz CT molecular complexity index is 1990. The minimum absolute atomic E-state index is 0.108. The van der Waals surface area contributed by atoms with Crippen LogP contribution in [0, 0.1) is 17.8 Å². The lowest BCUT2D eigenvalue weighted by Crippen LogP contribution is -2.30. The number of ether oxygens (including phenoxy) is 4. The fourth-order valence-corrected chi connectivity index (χ4v) is 14.6. The van der Waals surface area contributed by atoms with Crippen molar-refractivity contribution >= 4 is 39.5 Å². The second kappa shape index (κ2) is 74.2. The molecule has 0 amide bonds. The highest BCUT2D eigenvalue weighted by molar-refractivity contribution is 7.47. The number of carbonyl (C=O) groups is 4. The highest BCUT2D eigenvalue weighted by Crippen LogP contribution is 2.45. The average Bonchev–Trinajstić information content (AvgIpc) is 0.911. The number of unbranched alkanes of at least 4 members (excludes halogenated alkanes) is 50. The van der Waals surface area contributed by atoms with Gasteiger partial charge in [-0.1, -0.05) is 389 Å². The molecule has 0 radical (unpaired) electrons. The van der Waals surface area contributed by atoms with Gasteiger partial charge in [-0.15, -0.1) is 0 Å². The molecule has 0 bridgehead atoms. The van der Waals surface area contributed by atoms with E-state index in [-0.39, 0.29) is 25.7 Å². The van der Waals surface area contributed by atoms with E-state index in [1.807, 2.05) is 0 Å². The van der Waals surface area contributed by atoms with Crippen LogP contribution >= 0.6 is 15.6 Å². The zero-order chi connectivity index (χ0) is 75.8. The number of hydrogen-bond donors (Lipinski definition) is 3. The topological polar surface area (TPSA) is 237 Å². The molecule has 0 aliphatic carbocycles. The molecule has 0 rings (SSSR count). The molecule has 0 aliphatic rings. The van der Waals surface area contributed by atoms with Crippen molar-refractivity contribution in [2.75, 3.05) is 39.6 Å². The maximum atomic E-state index is 13.1. The Morgan fingerprint density at radius 3 is 0.660 bits per heavy atom. The van der Waals surface area contributed by atoms with Gasteiger partial charge in [-0.25, -0.2) is 9.13 Å². The van der Waals surface area contributed by atoms with Gasteiger partial charge >= 0.3 is 39.5 Å². The highest BCUT2D eigenvalue weighted by Gasteiger charge is 2.30. The van der Waals surface area contributed by atoms with E-state index in [4.69, 9.17) is 37.0 Å². The molecule has 3 N–H and O–H groups in total. The number of esters is 4. The second-order valence-corrected chi connectivity index (χ2v) is 34.6. The van der Waals surface area contributed by atoms with Crippen molar-refractivity contribution in [3.05, 3.63) is 0 Å². The number of carbonyl (C=O) groups excluding carboxylic acids is 4. The molecule has 0 aliphatic heterocycles. The molecule has 2 unspecified atom stereocenters. The van der Waals surface area contributed by atoms with Crippen molar-refractivity contribution in [1.82, 2.24) is 0 Å². The summed E-state index contributed by atoms with van der Waals surface area (Å²) in [5.74, 6) is 0.298. The summed E-state index contributed by atoms with van der Waals surface area (Å²) in [6.07, 6.45) is 63.7. The molecule has 0 heterocycles. The average molecular weight is 1510 g/mol. The second-order valence-electron chi connectivity index (χ2n) is 31.6. The molecule has 103 heavy (non-hydrogen) atoms. The number of aliphatic hydroxyl groups is 1. The van der Waals surface area contributed by atoms with Crippen LogP contribution in [-0.4, -0.2) is 96.7 Å². The van der Waals surface area contributed by atoms with E-state index in [0.29, 0.717) is 25.7 Å². The monoisotopic (exact) mass is 1510 g/mol. The van der Waals surface area contributed by atoms with Crippen LogP contribution in [-0.2, 0) is 65.4 Å². The molecule has 0 aromatic rings. The normalized spacial score (nSPS) is 13.9. The molecule has 0 spiro atoms. The van der Waals surface area contributed by atoms with Crippen LogP contribution < -0.4 is 0 Å². The third kappa shape index (κ3) is 78.0. The molecule has 0 aromatic carbocycles. The molecule has 612 valence electrons. The number of aliphatic hydroxyl groups excluding tert-OH is 1. The Balaban J connectivity index is 5.24. The van der Waals surface area contributed by atoms with Gasteiger partial charge in [0, 0.05) is 25.7 Å². The molecule has 5 atom stereocenters. The number of rotatable bonds is 82. The van der Waals surface area contributed by atoms with E-state index < -0.39 is 97.5 Å². The largest absolute Gasteiger partial charge is 0.472 e. The van der Waals surface area contributed by atoms with Gasteiger partial charge in [0.2, 0.25) is 0 Å². The molecular weight excluding hydrogens is 1340 g/mol. The third-order valence-corrected chi connectivity index (χ3v) is 21.5. The highest BCUT2D eigenvalue weighted by atomic mass is 31.2. The van der Waals surface area contributed by atoms with Crippen molar-refractivity contribution in [3.8, 4) is 0 Å². The maximum Gasteiger partial charge on any atom is 0.472 e. The van der Waals surface area contributed by atoms with E-state index >= 15 is 0 Å². The predicted molar refractivity (Wildman–Crippen MR) is 423 cm³/mol. The molecule has 0 saturated carbocycles. The van der Waals surface area contributed by atoms with E-state index in [1.54, 1.807) is 0 Å². The van der Waals surface area contributed by atoms with Crippen molar-refractivity contribution < 1.29 is 80.2 Å². The van der Waals surface area contributed by atoms with Gasteiger partial charge in [-0.2, -0.15) is 0 Å². The van der Waals surface area contributed by atoms with Crippen molar-refractivity contribution in [3.63, 3.8) is 0 Å². The molecule has 0 aromatic heterocycles. The molecule has 19 heteroatoms. The minimum Gasteiger partial charge on any atom is -0.462 e. The number of phosphoric acid groups is 2. The summed E-state index contributed by atoms with van der Waals surface area (Å²) in [7, 11) is -9.92. The molecule has 17 nitrogen and oxygen atoms in total. The summed E-state index contributed by atoms with van der Waals surface area (Å²) < 4.78 is 68.8. The van der Waals surface area contributed by atoms with Crippen molar-refractivity contribution in [1.29, 1.82) is 0 Å². The van der Waals surface area contributed by atoms with Gasteiger partial charge < -0.3 is 33.8 Å². The first-order valence-corrected chi connectivity index (χ1v) is 46.3. The van der Waals surface area contributed by atoms with Crippen molar-refractivity contribution in [2.24, 2.45) is 17.8 Å².